The van der Waals surface area contributed by atoms with Crippen LogP contribution in [0.15, 0.2) is 18.2 Å². The first-order valence-electron chi connectivity index (χ1n) is 6.79. The lowest BCUT2D eigenvalue weighted by Crippen LogP contribution is -2.48. The number of nitrogens with one attached hydrogen (secondary N) is 1. The number of piperazine rings is 1. The maximum Gasteiger partial charge on any atom is 0.159 e. The third-order valence-electron chi connectivity index (χ3n) is 3.60. The summed E-state index contributed by atoms with van der Waals surface area (Å²) in [6.07, 6.45) is 0. The first-order chi connectivity index (χ1) is 8.89. The Morgan fingerprint density at radius 2 is 1.74 bits per heavy atom. The average Bonchev–Trinajstić information content (AvgIpc) is 2.34. The van der Waals surface area contributed by atoms with Gasteiger partial charge in [-0.1, -0.05) is 26.8 Å². The molecular weight excluding hydrogens is 246 g/mol. The van der Waals surface area contributed by atoms with Gasteiger partial charge < -0.3 is 5.32 Å². The van der Waals surface area contributed by atoms with E-state index in [1.165, 1.54) is 12.1 Å². The Kier molecular flexibility index (Phi) is 4.21. The predicted molar refractivity (Wildman–Crippen MR) is 73.0 cm³/mol. The molecule has 2 rings (SSSR count). The summed E-state index contributed by atoms with van der Waals surface area (Å²) >= 11 is 0. The molecule has 0 unspecified atom stereocenters. The highest BCUT2D eigenvalue weighted by molar-refractivity contribution is 5.23. The molecule has 19 heavy (non-hydrogen) atoms. The van der Waals surface area contributed by atoms with Crippen LogP contribution in [-0.4, -0.2) is 31.1 Å². The molecule has 0 aliphatic carbocycles. The Morgan fingerprint density at radius 3 is 2.26 bits per heavy atom. The molecular formula is C15H22F2N2. The Balaban J connectivity index is 2.33. The van der Waals surface area contributed by atoms with E-state index in [1.54, 1.807) is 6.07 Å². The third kappa shape index (κ3) is 3.31. The summed E-state index contributed by atoms with van der Waals surface area (Å²) in [4.78, 5) is 2.35. The molecule has 0 aromatic heterocycles. The first kappa shape index (κ1) is 14.4. The summed E-state index contributed by atoms with van der Waals surface area (Å²) in [5, 5.41) is 3.32. The minimum absolute atomic E-state index is 0.0262. The highest BCUT2D eigenvalue weighted by Crippen LogP contribution is 2.38. The van der Waals surface area contributed by atoms with E-state index in [2.05, 4.69) is 31.0 Å². The topological polar surface area (TPSA) is 15.3 Å². The van der Waals surface area contributed by atoms with E-state index in [4.69, 9.17) is 0 Å². The molecule has 4 heteroatoms. The van der Waals surface area contributed by atoms with Gasteiger partial charge in [0.2, 0.25) is 0 Å². The summed E-state index contributed by atoms with van der Waals surface area (Å²) in [7, 11) is 0. The smallest absolute Gasteiger partial charge is 0.159 e. The standard InChI is InChI=1S/C15H22F2N2/c1-15(2,3)14(19-8-6-18-7-9-19)11-4-5-12(16)13(17)10-11/h4-5,10,14,18H,6-9H2,1-3H3/t14-/m0/s1. The first-order valence-corrected chi connectivity index (χ1v) is 6.79. The van der Waals surface area contributed by atoms with Crippen LogP contribution in [0.5, 0.6) is 0 Å². The minimum Gasteiger partial charge on any atom is -0.314 e. The minimum atomic E-state index is -0.781. The molecule has 106 valence electrons. The van der Waals surface area contributed by atoms with Gasteiger partial charge in [-0.2, -0.15) is 0 Å². The summed E-state index contributed by atoms with van der Waals surface area (Å²) in [6, 6.07) is 4.37. The molecule has 0 saturated carbocycles. The van der Waals surface area contributed by atoms with Gasteiger partial charge in [0.1, 0.15) is 0 Å². The Labute approximate surface area is 113 Å². The normalized spacial score (nSPS) is 19.4. The van der Waals surface area contributed by atoms with Gasteiger partial charge in [0.05, 0.1) is 0 Å². The fourth-order valence-electron chi connectivity index (χ4n) is 2.88. The van der Waals surface area contributed by atoms with Gasteiger partial charge in [0.15, 0.2) is 11.6 Å². The van der Waals surface area contributed by atoms with Gasteiger partial charge in [0, 0.05) is 32.2 Å². The van der Waals surface area contributed by atoms with E-state index in [9.17, 15) is 8.78 Å². The number of rotatable bonds is 2. The average molecular weight is 268 g/mol. The van der Waals surface area contributed by atoms with Crippen molar-refractivity contribution in [3.05, 3.63) is 35.4 Å². The Hall–Kier alpha value is -1.00. The lowest BCUT2D eigenvalue weighted by atomic mass is 9.81. The van der Waals surface area contributed by atoms with E-state index < -0.39 is 11.6 Å². The van der Waals surface area contributed by atoms with E-state index >= 15 is 0 Å². The van der Waals surface area contributed by atoms with Crippen molar-refractivity contribution in [2.45, 2.75) is 26.8 Å². The second-order valence-electron chi connectivity index (χ2n) is 6.23. The van der Waals surface area contributed by atoms with Crippen LogP contribution in [0.25, 0.3) is 0 Å². The second kappa shape index (κ2) is 5.55. The van der Waals surface area contributed by atoms with E-state index in [0.29, 0.717) is 0 Å². The number of nitrogens with zero attached hydrogens (tertiary/aromatic N) is 1. The van der Waals surface area contributed by atoms with Crippen LogP contribution >= 0.6 is 0 Å². The largest absolute Gasteiger partial charge is 0.314 e. The molecule has 1 N–H and O–H groups in total. The van der Waals surface area contributed by atoms with Crippen LogP contribution in [0, 0.1) is 17.0 Å². The summed E-state index contributed by atoms with van der Waals surface area (Å²) in [5.41, 5.74) is 0.829. The zero-order valence-electron chi connectivity index (χ0n) is 11.8. The number of hydrogen-bond acceptors (Lipinski definition) is 2. The number of halogens is 2. The van der Waals surface area contributed by atoms with Crippen molar-refractivity contribution in [1.82, 2.24) is 10.2 Å². The molecule has 1 aliphatic heterocycles. The van der Waals surface area contributed by atoms with E-state index in [-0.39, 0.29) is 11.5 Å². The molecule has 0 bridgehead atoms. The summed E-state index contributed by atoms with van der Waals surface area (Å²) in [5.74, 6) is -1.54. The molecule has 1 fully saturated rings. The van der Waals surface area contributed by atoms with Gasteiger partial charge in [-0.3, -0.25) is 4.90 Å². The molecule has 1 aromatic carbocycles. The lowest BCUT2D eigenvalue weighted by Gasteiger charge is -2.42. The quantitative estimate of drug-likeness (QED) is 0.887. The number of benzene rings is 1. The van der Waals surface area contributed by atoms with Crippen LogP contribution in [0.3, 0.4) is 0 Å². The van der Waals surface area contributed by atoms with Crippen LogP contribution in [-0.2, 0) is 0 Å². The van der Waals surface area contributed by atoms with Crippen molar-refractivity contribution in [2.24, 2.45) is 5.41 Å². The maximum atomic E-state index is 13.5. The molecule has 1 saturated heterocycles. The SMILES string of the molecule is CC(C)(C)[C@H](c1ccc(F)c(F)c1)N1CCNCC1. The van der Waals surface area contributed by atoms with Crippen molar-refractivity contribution in [3.8, 4) is 0 Å². The molecule has 1 heterocycles. The molecule has 0 amide bonds. The lowest BCUT2D eigenvalue weighted by molar-refractivity contribution is 0.0859. The second-order valence-corrected chi connectivity index (χ2v) is 6.23. The van der Waals surface area contributed by atoms with Gasteiger partial charge in [-0.15, -0.1) is 0 Å². The van der Waals surface area contributed by atoms with E-state index in [0.717, 1.165) is 31.7 Å². The molecule has 0 radical (unpaired) electrons. The van der Waals surface area contributed by atoms with Crippen molar-refractivity contribution < 1.29 is 8.78 Å². The van der Waals surface area contributed by atoms with Crippen LogP contribution < -0.4 is 5.32 Å². The van der Waals surface area contributed by atoms with Crippen LogP contribution in [0.1, 0.15) is 32.4 Å². The summed E-state index contributed by atoms with van der Waals surface area (Å²) < 4.78 is 26.6. The van der Waals surface area contributed by atoms with Crippen molar-refractivity contribution in [2.75, 3.05) is 26.2 Å². The van der Waals surface area contributed by atoms with Crippen LogP contribution in [0.4, 0.5) is 8.78 Å². The molecule has 1 atom stereocenters. The molecule has 0 spiro atoms. The highest BCUT2D eigenvalue weighted by Gasteiger charge is 2.32. The monoisotopic (exact) mass is 268 g/mol. The Morgan fingerprint density at radius 1 is 1.11 bits per heavy atom. The predicted octanol–water partition coefficient (Wildman–Crippen LogP) is 2.96. The fraction of sp³-hybridized carbons (Fsp3) is 0.600. The van der Waals surface area contributed by atoms with Gasteiger partial charge in [-0.25, -0.2) is 8.78 Å². The van der Waals surface area contributed by atoms with Gasteiger partial charge >= 0.3 is 0 Å². The van der Waals surface area contributed by atoms with Crippen molar-refractivity contribution in [3.63, 3.8) is 0 Å². The molecule has 1 aromatic rings. The fourth-order valence-corrected chi connectivity index (χ4v) is 2.88. The molecule has 2 nitrogen and oxygen atoms in total. The maximum absolute atomic E-state index is 13.5. The van der Waals surface area contributed by atoms with Gasteiger partial charge in [-0.05, 0) is 23.1 Å². The van der Waals surface area contributed by atoms with Crippen molar-refractivity contribution in [1.29, 1.82) is 0 Å². The third-order valence-corrected chi connectivity index (χ3v) is 3.60. The molecule has 1 aliphatic rings. The Bertz CT molecular complexity index is 434. The van der Waals surface area contributed by atoms with E-state index in [1.807, 2.05) is 0 Å². The summed E-state index contributed by atoms with van der Waals surface area (Å²) in [6.45, 7) is 10.2. The number of hydrogen-bond donors (Lipinski definition) is 1. The highest BCUT2D eigenvalue weighted by atomic mass is 19.2. The van der Waals surface area contributed by atoms with Crippen LogP contribution in [0.2, 0.25) is 0 Å². The van der Waals surface area contributed by atoms with Crippen molar-refractivity contribution >= 4 is 0 Å². The zero-order valence-corrected chi connectivity index (χ0v) is 11.8. The zero-order chi connectivity index (χ0) is 14.0. The van der Waals surface area contributed by atoms with Gasteiger partial charge in [0.25, 0.3) is 0 Å².